The fourth-order valence-corrected chi connectivity index (χ4v) is 1.72. The lowest BCUT2D eigenvalue weighted by Gasteiger charge is -2.30. The molecular formula is C13H17F3N2O2. The molecular weight excluding hydrogens is 273 g/mol. The molecule has 0 fully saturated rings. The smallest absolute Gasteiger partial charge is 0.319 e. The Balaban J connectivity index is 2.81. The highest BCUT2D eigenvalue weighted by Gasteiger charge is 2.27. The molecule has 0 atom stereocenters. The number of nitrogens with one attached hydrogen (secondary N) is 2. The third-order valence-electron chi connectivity index (χ3n) is 3.28. The summed E-state index contributed by atoms with van der Waals surface area (Å²) in [4.78, 5) is 11.7. The lowest BCUT2D eigenvalue weighted by atomic mass is 9.94. The van der Waals surface area contributed by atoms with Gasteiger partial charge in [0.2, 0.25) is 0 Å². The summed E-state index contributed by atoms with van der Waals surface area (Å²) in [6.07, 6.45) is 0.971. The van der Waals surface area contributed by atoms with Crippen molar-refractivity contribution in [3.63, 3.8) is 0 Å². The molecule has 0 spiro atoms. The van der Waals surface area contributed by atoms with Crippen LogP contribution in [0.5, 0.6) is 0 Å². The molecule has 0 aromatic heterocycles. The van der Waals surface area contributed by atoms with Crippen LogP contribution in [0.15, 0.2) is 12.1 Å². The van der Waals surface area contributed by atoms with Gasteiger partial charge in [0.1, 0.15) is 0 Å². The Hall–Kier alpha value is -1.76. The molecule has 0 unspecified atom stereocenters. The van der Waals surface area contributed by atoms with Crippen LogP contribution in [0, 0.1) is 17.5 Å². The van der Waals surface area contributed by atoms with Crippen molar-refractivity contribution in [2.24, 2.45) is 0 Å². The summed E-state index contributed by atoms with van der Waals surface area (Å²) in [5.41, 5.74) is -1.01. The number of urea groups is 1. The number of carbonyl (C=O) groups is 1. The van der Waals surface area contributed by atoms with Crippen LogP contribution < -0.4 is 10.6 Å². The standard InChI is InChI=1S/C13H17F3N2O2/c1-3-13(4-2,7-19)18-12(20)17-8-5-9(14)11(16)10(15)6-8/h5-6,19H,3-4,7H2,1-2H3,(H2,17,18,20). The van der Waals surface area contributed by atoms with E-state index in [4.69, 9.17) is 0 Å². The van der Waals surface area contributed by atoms with Crippen LogP contribution in [0.25, 0.3) is 0 Å². The molecule has 1 rings (SSSR count). The average Bonchev–Trinajstić information content (AvgIpc) is 2.42. The molecule has 0 saturated carbocycles. The van der Waals surface area contributed by atoms with Gasteiger partial charge in [-0.2, -0.15) is 0 Å². The van der Waals surface area contributed by atoms with Gasteiger partial charge in [-0.3, -0.25) is 0 Å². The minimum absolute atomic E-state index is 0.210. The predicted octanol–water partition coefficient (Wildman–Crippen LogP) is 2.78. The highest BCUT2D eigenvalue weighted by atomic mass is 19.2. The van der Waals surface area contributed by atoms with E-state index >= 15 is 0 Å². The van der Waals surface area contributed by atoms with Crippen LogP contribution in [-0.4, -0.2) is 23.3 Å². The lowest BCUT2D eigenvalue weighted by molar-refractivity contribution is 0.155. The number of hydrogen-bond acceptors (Lipinski definition) is 2. The van der Waals surface area contributed by atoms with Gasteiger partial charge in [-0.15, -0.1) is 0 Å². The van der Waals surface area contributed by atoms with Crippen molar-refractivity contribution in [1.29, 1.82) is 0 Å². The molecule has 0 aliphatic carbocycles. The Morgan fingerprint density at radius 2 is 1.70 bits per heavy atom. The number of anilines is 1. The third kappa shape index (κ3) is 3.63. The van der Waals surface area contributed by atoms with E-state index in [2.05, 4.69) is 10.6 Å². The highest BCUT2D eigenvalue weighted by molar-refractivity contribution is 5.89. The van der Waals surface area contributed by atoms with Crippen molar-refractivity contribution in [3.8, 4) is 0 Å². The Morgan fingerprint density at radius 3 is 2.10 bits per heavy atom. The number of carbonyl (C=O) groups excluding carboxylic acids is 1. The molecule has 20 heavy (non-hydrogen) atoms. The fraction of sp³-hybridized carbons (Fsp3) is 0.462. The van der Waals surface area contributed by atoms with Crippen LogP contribution in [0.4, 0.5) is 23.7 Å². The first-order chi connectivity index (χ1) is 9.37. The van der Waals surface area contributed by atoms with E-state index < -0.39 is 29.0 Å². The number of hydrogen-bond donors (Lipinski definition) is 3. The van der Waals surface area contributed by atoms with Crippen LogP contribution in [0.3, 0.4) is 0 Å². The van der Waals surface area contributed by atoms with E-state index in [9.17, 15) is 23.1 Å². The van der Waals surface area contributed by atoms with Gasteiger partial charge in [0.15, 0.2) is 17.5 Å². The Bertz CT molecular complexity index is 459. The minimum Gasteiger partial charge on any atom is -0.394 e. The van der Waals surface area contributed by atoms with Crippen molar-refractivity contribution in [1.82, 2.24) is 5.32 Å². The number of rotatable bonds is 5. The molecule has 0 bridgehead atoms. The molecule has 2 amide bonds. The van der Waals surface area contributed by atoms with E-state index in [1.165, 1.54) is 0 Å². The maximum Gasteiger partial charge on any atom is 0.319 e. The zero-order valence-corrected chi connectivity index (χ0v) is 11.3. The lowest BCUT2D eigenvalue weighted by Crippen LogP contribution is -2.52. The van der Waals surface area contributed by atoms with Crippen LogP contribution in [-0.2, 0) is 0 Å². The molecule has 1 aromatic rings. The van der Waals surface area contributed by atoms with Crippen LogP contribution in [0.2, 0.25) is 0 Å². The summed E-state index contributed by atoms with van der Waals surface area (Å²) in [5, 5.41) is 14.0. The SMILES string of the molecule is CCC(CC)(CO)NC(=O)Nc1cc(F)c(F)c(F)c1. The summed E-state index contributed by atoms with van der Waals surface area (Å²) in [6.45, 7) is 3.31. The van der Waals surface area contributed by atoms with Crippen molar-refractivity contribution >= 4 is 11.7 Å². The van der Waals surface area contributed by atoms with Crippen molar-refractivity contribution in [2.75, 3.05) is 11.9 Å². The van der Waals surface area contributed by atoms with Gasteiger partial charge in [-0.25, -0.2) is 18.0 Å². The molecule has 4 nitrogen and oxygen atoms in total. The van der Waals surface area contributed by atoms with Crippen molar-refractivity contribution < 1.29 is 23.1 Å². The molecule has 0 heterocycles. The molecule has 0 saturated heterocycles. The largest absolute Gasteiger partial charge is 0.394 e. The maximum atomic E-state index is 13.0. The van der Waals surface area contributed by atoms with Crippen molar-refractivity contribution in [2.45, 2.75) is 32.2 Å². The second-order valence-corrected chi connectivity index (χ2v) is 4.48. The van der Waals surface area contributed by atoms with Crippen LogP contribution in [0.1, 0.15) is 26.7 Å². The Labute approximate surface area is 115 Å². The number of benzene rings is 1. The fourth-order valence-electron chi connectivity index (χ4n) is 1.72. The van der Waals surface area contributed by atoms with E-state index in [-0.39, 0.29) is 12.3 Å². The number of aliphatic hydroxyl groups is 1. The molecule has 3 N–H and O–H groups in total. The third-order valence-corrected chi connectivity index (χ3v) is 3.28. The molecule has 7 heteroatoms. The maximum absolute atomic E-state index is 13.0. The summed E-state index contributed by atoms with van der Waals surface area (Å²) < 4.78 is 38.8. The van der Waals surface area contributed by atoms with Gasteiger partial charge >= 0.3 is 6.03 Å². The quantitative estimate of drug-likeness (QED) is 0.730. The second-order valence-electron chi connectivity index (χ2n) is 4.48. The summed E-state index contributed by atoms with van der Waals surface area (Å²) >= 11 is 0. The highest BCUT2D eigenvalue weighted by Crippen LogP contribution is 2.18. The first-order valence-electron chi connectivity index (χ1n) is 6.22. The predicted molar refractivity (Wildman–Crippen MR) is 68.9 cm³/mol. The minimum atomic E-state index is -1.59. The number of aliphatic hydroxyl groups excluding tert-OH is 1. The van der Waals surface area contributed by atoms with E-state index in [1.807, 2.05) is 0 Å². The van der Waals surface area contributed by atoms with Gasteiger partial charge in [0.05, 0.1) is 12.1 Å². The molecule has 0 aliphatic rings. The zero-order valence-electron chi connectivity index (χ0n) is 11.3. The first-order valence-corrected chi connectivity index (χ1v) is 6.22. The van der Waals surface area contributed by atoms with Gasteiger partial charge in [-0.1, -0.05) is 13.8 Å². The Kier molecular flexibility index (Phi) is 5.38. The number of amides is 2. The second kappa shape index (κ2) is 6.60. The topological polar surface area (TPSA) is 61.4 Å². The normalized spacial score (nSPS) is 11.3. The van der Waals surface area contributed by atoms with E-state index in [1.54, 1.807) is 13.8 Å². The van der Waals surface area contributed by atoms with Crippen molar-refractivity contribution in [3.05, 3.63) is 29.6 Å². The Morgan fingerprint density at radius 1 is 1.20 bits per heavy atom. The van der Waals surface area contributed by atoms with Gasteiger partial charge in [-0.05, 0) is 12.8 Å². The summed E-state index contributed by atoms with van der Waals surface area (Å²) in [7, 11) is 0. The summed E-state index contributed by atoms with van der Waals surface area (Å²) in [6, 6.07) is 0.626. The van der Waals surface area contributed by atoms with Gasteiger partial charge < -0.3 is 15.7 Å². The molecule has 0 radical (unpaired) electrons. The first kappa shape index (κ1) is 16.3. The van der Waals surface area contributed by atoms with Crippen LogP contribution >= 0.6 is 0 Å². The zero-order chi connectivity index (χ0) is 15.3. The van der Waals surface area contributed by atoms with Gasteiger partial charge in [0.25, 0.3) is 0 Å². The number of halogens is 3. The molecule has 1 aromatic carbocycles. The summed E-state index contributed by atoms with van der Waals surface area (Å²) in [5.74, 6) is -4.37. The van der Waals surface area contributed by atoms with Gasteiger partial charge in [0, 0.05) is 17.8 Å². The van der Waals surface area contributed by atoms with E-state index in [0.717, 1.165) is 0 Å². The molecule has 112 valence electrons. The average molecular weight is 290 g/mol. The monoisotopic (exact) mass is 290 g/mol. The molecule has 0 aliphatic heterocycles. The van der Waals surface area contributed by atoms with E-state index in [0.29, 0.717) is 25.0 Å².